The van der Waals surface area contributed by atoms with E-state index >= 15 is 0 Å². The SMILES string of the molecule is CCC(CO)NC(=O)[C@@H]1C=C2c3cccc4c3C(C[C@H]2N(C)C1)CN4C. The first kappa shape index (κ1) is 17.6. The number of aliphatic hydroxyl groups is 1. The molecule has 0 aromatic heterocycles. The fourth-order valence-corrected chi connectivity index (χ4v) is 4.92. The van der Waals surface area contributed by atoms with Gasteiger partial charge in [-0.1, -0.05) is 25.1 Å². The van der Waals surface area contributed by atoms with E-state index in [9.17, 15) is 9.90 Å². The molecule has 1 aromatic carbocycles. The van der Waals surface area contributed by atoms with Gasteiger partial charge in [0.25, 0.3) is 0 Å². The molecular formula is C21H29N3O2. The van der Waals surface area contributed by atoms with Crippen LogP contribution in [0.1, 0.15) is 36.8 Å². The maximum atomic E-state index is 12.8. The number of nitrogens with zero attached hydrogens (tertiary/aromatic N) is 2. The lowest BCUT2D eigenvalue weighted by Crippen LogP contribution is -2.48. The first-order valence-electron chi connectivity index (χ1n) is 9.71. The molecule has 4 atom stereocenters. The number of fused-ring (bicyclic) bond motifs is 2. The van der Waals surface area contributed by atoms with Gasteiger partial charge in [0.2, 0.25) is 5.91 Å². The van der Waals surface area contributed by atoms with Crippen LogP contribution in [0.2, 0.25) is 0 Å². The number of amides is 1. The highest BCUT2D eigenvalue weighted by Crippen LogP contribution is 2.49. The molecule has 0 spiro atoms. The lowest BCUT2D eigenvalue weighted by Gasteiger charge is -2.42. The Balaban J connectivity index is 1.69. The van der Waals surface area contributed by atoms with Crippen LogP contribution in [0.3, 0.4) is 0 Å². The third kappa shape index (κ3) is 2.74. The van der Waals surface area contributed by atoms with Gasteiger partial charge in [-0.25, -0.2) is 0 Å². The summed E-state index contributed by atoms with van der Waals surface area (Å²) in [5, 5.41) is 12.4. The molecule has 4 rings (SSSR count). The number of hydrogen-bond acceptors (Lipinski definition) is 4. The molecule has 26 heavy (non-hydrogen) atoms. The highest BCUT2D eigenvalue weighted by atomic mass is 16.3. The van der Waals surface area contributed by atoms with Crippen molar-refractivity contribution in [3.05, 3.63) is 35.4 Å². The van der Waals surface area contributed by atoms with Crippen LogP contribution in [0, 0.1) is 5.92 Å². The zero-order valence-electron chi connectivity index (χ0n) is 15.9. The molecule has 0 saturated heterocycles. The molecule has 2 N–H and O–H groups in total. The van der Waals surface area contributed by atoms with E-state index in [2.05, 4.69) is 53.5 Å². The van der Waals surface area contributed by atoms with E-state index in [-0.39, 0.29) is 24.5 Å². The fraction of sp³-hybridized carbons (Fsp3) is 0.571. The highest BCUT2D eigenvalue weighted by Gasteiger charge is 2.42. The number of likely N-dealkylation sites (N-methyl/N-ethyl adjacent to an activating group) is 2. The highest BCUT2D eigenvalue weighted by molar-refractivity contribution is 5.87. The zero-order valence-corrected chi connectivity index (χ0v) is 15.9. The van der Waals surface area contributed by atoms with E-state index in [4.69, 9.17) is 0 Å². The molecule has 2 unspecified atom stereocenters. The van der Waals surface area contributed by atoms with Crippen molar-refractivity contribution in [2.75, 3.05) is 38.7 Å². The van der Waals surface area contributed by atoms with Crippen molar-refractivity contribution < 1.29 is 9.90 Å². The van der Waals surface area contributed by atoms with Crippen LogP contribution < -0.4 is 10.2 Å². The lowest BCUT2D eigenvalue weighted by molar-refractivity contribution is -0.125. The van der Waals surface area contributed by atoms with Gasteiger partial charge >= 0.3 is 0 Å². The van der Waals surface area contributed by atoms with Crippen LogP contribution in [0.4, 0.5) is 5.69 Å². The Morgan fingerprint density at radius 3 is 2.88 bits per heavy atom. The molecule has 2 heterocycles. The molecule has 3 aliphatic rings. The zero-order chi connectivity index (χ0) is 18.4. The molecule has 1 aliphatic carbocycles. The Hall–Kier alpha value is -1.85. The summed E-state index contributed by atoms with van der Waals surface area (Å²) in [7, 11) is 4.31. The van der Waals surface area contributed by atoms with Gasteiger partial charge in [-0.2, -0.15) is 0 Å². The van der Waals surface area contributed by atoms with Crippen molar-refractivity contribution in [1.29, 1.82) is 0 Å². The van der Waals surface area contributed by atoms with Crippen LogP contribution in [-0.2, 0) is 4.79 Å². The van der Waals surface area contributed by atoms with Crippen molar-refractivity contribution >= 4 is 17.2 Å². The fourth-order valence-electron chi connectivity index (χ4n) is 4.92. The van der Waals surface area contributed by atoms with Crippen LogP contribution >= 0.6 is 0 Å². The molecule has 2 aliphatic heterocycles. The van der Waals surface area contributed by atoms with E-state index < -0.39 is 0 Å². The molecule has 0 fully saturated rings. The van der Waals surface area contributed by atoms with E-state index in [0.29, 0.717) is 12.0 Å². The third-order valence-electron chi connectivity index (χ3n) is 6.37. The Kier molecular flexibility index (Phi) is 4.53. The number of aliphatic hydroxyl groups excluding tert-OH is 1. The molecule has 0 saturated carbocycles. The molecule has 5 heteroatoms. The normalized spacial score (nSPS) is 28.2. The van der Waals surface area contributed by atoms with Gasteiger partial charge in [0.15, 0.2) is 0 Å². The van der Waals surface area contributed by atoms with Crippen LogP contribution in [0.25, 0.3) is 5.57 Å². The molecular weight excluding hydrogens is 326 g/mol. The third-order valence-corrected chi connectivity index (χ3v) is 6.37. The molecule has 1 amide bonds. The predicted molar refractivity (Wildman–Crippen MR) is 104 cm³/mol. The Morgan fingerprint density at radius 2 is 2.15 bits per heavy atom. The average molecular weight is 355 g/mol. The second-order valence-electron chi connectivity index (χ2n) is 8.03. The summed E-state index contributed by atoms with van der Waals surface area (Å²) in [4.78, 5) is 17.5. The Morgan fingerprint density at radius 1 is 1.35 bits per heavy atom. The summed E-state index contributed by atoms with van der Waals surface area (Å²) >= 11 is 0. The number of rotatable bonds is 4. The summed E-state index contributed by atoms with van der Waals surface area (Å²) in [6.45, 7) is 3.79. The molecule has 0 radical (unpaired) electrons. The van der Waals surface area contributed by atoms with Gasteiger partial charge in [-0.15, -0.1) is 0 Å². The molecule has 1 aromatic rings. The minimum atomic E-state index is -0.168. The summed E-state index contributed by atoms with van der Waals surface area (Å²) in [5.41, 5.74) is 5.44. The lowest BCUT2D eigenvalue weighted by atomic mass is 9.74. The van der Waals surface area contributed by atoms with Crippen molar-refractivity contribution in [1.82, 2.24) is 10.2 Å². The minimum Gasteiger partial charge on any atom is -0.394 e. The first-order valence-corrected chi connectivity index (χ1v) is 9.71. The number of carbonyl (C=O) groups excluding carboxylic acids is 1. The predicted octanol–water partition coefficient (Wildman–Crippen LogP) is 1.82. The Labute approximate surface area is 155 Å². The largest absolute Gasteiger partial charge is 0.394 e. The maximum absolute atomic E-state index is 12.8. The number of nitrogens with one attached hydrogen (secondary N) is 1. The van der Waals surface area contributed by atoms with E-state index in [1.807, 2.05) is 6.92 Å². The number of carbonyl (C=O) groups is 1. The quantitative estimate of drug-likeness (QED) is 0.865. The van der Waals surface area contributed by atoms with Gasteiger partial charge in [0.1, 0.15) is 0 Å². The number of hydrogen-bond donors (Lipinski definition) is 2. The molecule has 0 bridgehead atoms. The number of benzene rings is 1. The van der Waals surface area contributed by atoms with Crippen LogP contribution in [-0.4, -0.2) is 61.8 Å². The van der Waals surface area contributed by atoms with Crippen LogP contribution in [0.5, 0.6) is 0 Å². The van der Waals surface area contributed by atoms with Gasteiger partial charge in [-0.05, 0) is 42.7 Å². The van der Waals surface area contributed by atoms with Gasteiger partial charge < -0.3 is 15.3 Å². The van der Waals surface area contributed by atoms with Crippen LogP contribution in [0.15, 0.2) is 24.3 Å². The second kappa shape index (κ2) is 6.71. The average Bonchev–Trinajstić information content (AvgIpc) is 2.97. The van der Waals surface area contributed by atoms with E-state index in [1.54, 1.807) is 0 Å². The molecule has 5 nitrogen and oxygen atoms in total. The summed E-state index contributed by atoms with van der Waals surface area (Å²) in [6.07, 6.45) is 4.05. The Bertz CT molecular complexity index is 741. The standard InChI is InChI=1S/C21H29N3O2/c1-4-15(12-25)22-21(26)14-8-17-16-6-5-7-18-20(16)13(10-23(18)2)9-19(17)24(3)11-14/h5-8,13-15,19,25H,4,9-12H2,1-3H3,(H,22,26)/t13?,14-,15?,19-/m1/s1. The van der Waals surface area contributed by atoms with Crippen molar-refractivity contribution in [3.63, 3.8) is 0 Å². The van der Waals surface area contributed by atoms with E-state index in [0.717, 1.165) is 25.9 Å². The monoisotopic (exact) mass is 355 g/mol. The van der Waals surface area contributed by atoms with Gasteiger partial charge in [0, 0.05) is 37.8 Å². The summed E-state index contributed by atoms with van der Waals surface area (Å²) < 4.78 is 0. The molecule has 140 valence electrons. The minimum absolute atomic E-state index is 0.00972. The summed E-state index contributed by atoms with van der Waals surface area (Å²) in [5.74, 6) is 0.439. The first-order chi connectivity index (χ1) is 12.5. The topological polar surface area (TPSA) is 55.8 Å². The van der Waals surface area contributed by atoms with Gasteiger partial charge in [0.05, 0.1) is 18.6 Å². The number of anilines is 1. The van der Waals surface area contributed by atoms with Crippen molar-refractivity contribution in [2.24, 2.45) is 5.92 Å². The summed E-state index contributed by atoms with van der Waals surface area (Å²) in [6, 6.07) is 6.80. The van der Waals surface area contributed by atoms with Gasteiger partial charge in [-0.3, -0.25) is 9.69 Å². The maximum Gasteiger partial charge on any atom is 0.228 e. The second-order valence-corrected chi connectivity index (χ2v) is 8.03. The van der Waals surface area contributed by atoms with Crippen molar-refractivity contribution in [2.45, 2.75) is 37.8 Å². The smallest absolute Gasteiger partial charge is 0.228 e. The van der Waals surface area contributed by atoms with E-state index in [1.165, 1.54) is 22.4 Å². The van der Waals surface area contributed by atoms with Crippen molar-refractivity contribution in [3.8, 4) is 0 Å².